The van der Waals surface area contributed by atoms with E-state index in [1.54, 1.807) is 18.2 Å². The Bertz CT molecular complexity index is 664. The molecule has 4 nitrogen and oxygen atoms in total. The smallest absolute Gasteiger partial charge is 0.341 e. The lowest BCUT2D eigenvalue weighted by molar-refractivity contribution is 0.0695. The first-order valence-electron chi connectivity index (χ1n) is 5.76. The number of hydrogen-bond acceptors (Lipinski definition) is 2. The number of aryl methyl sites for hydroxylation is 2. The van der Waals surface area contributed by atoms with E-state index in [0.29, 0.717) is 17.5 Å². The minimum Gasteiger partial charge on any atom is -0.477 e. The van der Waals surface area contributed by atoms with Crippen LogP contribution in [0.3, 0.4) is 0 Å². The van der Waals surface area contributed by atoms with Gasteiger partial charge in [0.2, 0.25) is 0 Å². The van der Waals surface area contributed by atoms with Gasteiger partial charge in [0.05, 0.1) is 0 Å². The van der Waals surface area contributed by atoms with Gasteiger partial charge in [-0.05, 0) is 24.5 Å². The average molecular weight is 261 g/mol. The summed E-state index contributed by atoms with van der Waals surface area (Å²) in [5, 5.41) is 8.84. The number of carboxylic acids is 1. The lowest BCUT2D eigenvalue weighted by Gasteiger charge is -2.03. The van der Waals surface area contributed by atoms with Gasteiger partial charge in [-0.1, -0.05) is 18.2 Å². The summed E-state index contributed by atoms with van der Waals surface area (Å²) < 4.78 is 13.4. The van der Waals surface area contributed by atoms with Crippen molar-refractivity contribution in [3.8, 4) is 0 Å². The molecule has 0 radical (unpaired) electrons. The molecule has 0 bridgehead atoms. The maximum Gasteiger partial charge on any atom is 0.341 e. The molecule has 2 N–H and O–H groups in total. The van der Waals surface area contributed by atoms with Crippen molar-refractivity contribution in [3.63, 3.8) is 0 Å². The quantitative estimate of drug-likeness (QED) is 0.884. The Morgan fingerprint density at radius 1 is 1.16 bits per heavy atom. The van der Waals surface area contributed by atoms with E-state index in [0.717, 1.165) is 6.20 Å². The number of aromatic nitrogens is 1. The van der Waals surface area contributed by atoms with Gasteiger partial charge in [0.15, 0.2) is 5.43 Å². The van der Waals surface area contributed by atoms with Crippen molar-refractivity contribution in [3.05, 3.63) is 69.4 Å². The largest absolute Gasteiger partial charge is 0.477 e. The number of aromatic carboxylic acids is 1. The molecule has 2 rings (SSSR count). The zero-order valence-electron chi connectivity index (χ0n) is 10.0. The summed E-state index contributed by atoms with van der Waals surface area (Å²) in [5.74, 6) is -1.60. The predicted molar refractivity (Wildman–Crippen MR) is 67.8 cm³/mol. The number of rotatable bonds is 4. The molecule has 0 spiro atoms. The third-order valence-electron chi connectivity index (χ3n) is 2.87. The second-order valence-corrected chi connectivity index (χ2v) is 4.12. The average Bonchev–Trinajstić information content (AvgIpc) is 2.39. The number of nitrogens with one attached hydrogen (secondary N) is 1. The lowest BCUT2D eigenvalue weighted by atomic mass is 10.0. The molecule has 5 heteroatoms. The number of carboxylic acid groups (broad SMARTS) is 1. The van der Waals surface area contributed by atoms with E-state index < -0.39 is 11.4 Å². The van der Waals surface area contributed by atoms with Gasteiger partial charge in [-0.15, -0.1) is 0 Å². The van der Waals surface area contributed by atoms with Crippen LogP contribution in [0.25, 0.3) is 0 Å². The van der Waals surface area contributed by atoms with E-state index >= 15 is 0 Å². The molecule has 0 aliphatic rings. The fourth-order valence-corrected chi connectivity index (χ4v) is 1.84. The standard InChI is InChI=1S/C14H12FNO3/c15-12-4-2-1-3-9(12)5-6-10-7-16-8-11(13(10)17)14(18)19/h1-4,7-8H,5-6H2,(H,16,17)(H,18,19). The molecular weight excluding hydrogens is 249 g/mol. The first-order valence-corrected chi connectivity index (χ1v) is 5.76. The van der Waals surface area contributed by atoms with Gasteiger partial charge in [-0.3, -0.25) is 4.79 Å². The van der Waals surface area contributed by atoms with E-state index in [-0.39, 0.29) is 17.8 Å². The van der Waals surface area contributed by atoms with Crippen molar-refractivity contribution in [2.75, 3.05) is 0 Å². The highest BCUT2D eigenvalue weighted by molar-refractivity contribution is 5.87. The van der Waals surface area contributed by atoms with E-state index in [4.69, 9.17) is 5.11 Å². The molecule has 19 heavy (non-hydrogen) atoms. The molecule has 0 unspecified atom stereocenters. The van der Waals surface area contributed by atoms with E-state index in [1.165, 1.54) is 12.3 Å². The SMILES string of the molecule is O=C(O)c1c[nH]cc(CCc2ccccc2F)c1=O. The minimum absolute atomic E-state index is 0.289. The molecule has 0 atom stereocenters. The summed E-state index contributed by atoms with van der Waals surface area (Å²) in [4.78, 5) is 25.3. The molecule has 1 aromatic carbocycles. The highest BCUT2D eigenvalue weighted by Crippen LogP contribution is 2.09. The maximum absolute atomic E-state index is 13.4. The summed E-state index contributed by atoms with van der Waals surface area (Å²) in [5.41, 5.74) is 0.0133. The number of halogens is 1. The van der Waals surface area contributed by atoms with Gasteiger partial charge in [0.25, 0.3) is 0 Å². The van der Waals surface area contributed by atoms with Crippen LogP contribution in [0.15, 0.2) is 41.5 Å². The number of hydrogen-bond donors (Lipinski definition) is 2. The van der Waals surface area contributed by atoms with Crippen molar-refractivity contribution >= 4 is 5.97 Å². The van der Waals surface area contributed by atoms with Crippen molar-refractivity contribution in [1.29, 1.82) is 0 Å². The summed E-state index contributed by atoms with van der Waals surface area (Å²) in [6, 6.07) is 6.31. The van der Waals surface area contributed by atoms with Gasteiger partial charge in [0, 0.05) is 18.0 Å². The van der Waals surface area contributed by atoms with Gasteiger partial charge in [-0.25, -0.2) is 9.18 Å². The maximum atomic E-state index is 13.4. The molecule has 1 heterocycles. The molecule has 0 saturated carbocycles. The van der Waals surface area contributed by atoms with Crippen LogP contribution in [0.4, 0.5) is 4.39 Å². The molecule has 1 aromatic heterocycles. The Balaban J connectivity index is 2.21. The number of aromatic amines is 1. The molecule has 0 aliphatic heterocycles. The fourth-order valence-electron chi connectivity index (χ4n) is 1.84. The van der Waals surface area contributed by atoms with Crippen molar-refractivity contribution in [1.82, 2.24) is 4.98 Å². The third-order valence-corrected chi connectivity index (χ3v) is 2.87. The second kappa shape index (κ2) is 5.48. The Morgan fingerprint density at radius 2 is 1.84 bits per heavy atom. The van der Waals surface area contributed by atoms with E-state index in [9.17, 15) is 14.0 Å². The van der Waals surface area contributed by atoms with Crippen LogP contribution in [-0.4, -0.2) is 16.1 Å². The minimum atomic E-state index is -1.27. The van der Waals surface area contributed by atoms with Crippen LogP contribution < -0.4 is 5.43 Å². The molecule has 0 fully saturated rings. The zero-order chi connectivity index (χ0) is 13.8. The van der Waals surface area contributed by atoms with E-state index in [1.807, 2.05) is 0 Å². The second-order valence-electron chi connectivity index (χ2n) is 4.12. The molecule has 0 amide bonds. The summed E-state index contributed by atoms with van der Waals surface area (Å²) >= 11 is 0. The highest BCUT2D eigenvalue weighted by atomic mass is 19.1. The zero-order valence-corrected chi connectivity index (χ0v) is 10.0. The summed E-state index contributed by atoms with van der Waals surface area (Å²) in [6.07, 6.45) is 3.24. The number of H-pyrrole nitrogens is 1. The molecule has 98 valence electrons. The van der Waals surface area contributed by atoms with Crippen molar-refractivity contribution in [2.24, 2.45) is 0 Å². The van der Waals surface area contributed by atoms with Crippen LogP contribution in [0.1, 0.15) is 21.5 Å². The van der Waals surface area contributed by atoms with Crippen LogP contribution in [0, 0.1) is 5.82 Å². The molecule has 0 saturated heterocycles. The first kappa shape index (κ1) is 13.0. The number of carbonyl (C=O) groups is 1. The normalized spacial score (nSPS) is 10.4. The van der Waals surface area contributed by atoms with Gasteiger partial charge >= 0.3 is 5.97 Å². The summed E-state index contributed by atoms with van der Waals surface area (Å²) in [6.45, 7) is 0. The van der Waals surface area contributed by atoms with Crippen LogP contribution >= 0.6 is 0 Å². The van der Waals surface area contributed by atoms with Crippen molar-refractivity contribution < 1.29 is 14.3 Å². The lowest BCUT2D eigenvalue weighted by Crippen LogP contribution is -2.19. The Kier molecular flexibility index (Phi) is 3.75. The Morgan fingerprint density at radius 3 is 2.53 bits per heavy atom. The fraction of sp³-hybridized carbons (Fsp3) is 0.143. The topological polar surface area (TPSA) is 70.2 Å². The van der Waals surface area contributed by atoms with Crippen LogP contribution in [-0.2, 0) is 12.8 Å². The molecule has 2 aromatic rings. The monoisotopic (exact) mass is 261 g/mol. The van der Waals surface area contributed by atoms with Gasteiger partial charge < -0.3 is 10.1 Å². The predicted octanol–water partition coefficient (Wildman–Crippen LogP) is 2.00. The first-order chi connectivity index (χ1) is 9.09. The third kappa shape index (κ3) is 2.88. The number of pyridine rings is 1. The van der Waals surface area contributed by atoms with Crippen molar-refractivity contribution in [2.45, 2.75) is 12.8 Å². The molecular formula is C14H12FNO3. The molecule has 0 aliphatic carbocycles. The Hall–Kier alpha value is -2.43. The number of benzene rings is 1. The summed E-state index contributed by atoms with van der Waals surface area (Å²) in [7, 11) is 0. The van der Waals surface area contributed by atoms with Crippen LogP contribution in [0.2, 0.25) is 0 Å². The Labute approximate surface area is 108 Å². The van der Waals surface area contributed by atoms with Gasteiger partial charge in [0.1, 0.15) is 11.4 Å². The highest BCUT2D eigenvalue weighted by Gasteiger charge is 2.12. The van der Waals surface area contributed by atoms with E-state index in [2.05, 4.69) is 4.98 Å². The van der Waals surface area contributed by atoms with Crippen LogP contribution in [0.5, 0.6) is 0 Å². The van der Waals surface area contributed by atoms with Gasteiger partial charge in [-0.2, -0.15) is 0 Å².